The van der Waals surface area contributed by atoms with Gasteiger partial charge in [-0.3, -0.25) is 14.5 Å². The van der Waals surface area contributed by atoms with Gasteiger partial charge in [-0.2, -0.15) is 0 Å². The summed E-state index contributed by atoms with van der Waals surface area (Å²) in [6, 6.07) is 19.7. The Morgan fingerprint density at radius 3 is 2.10 bits per heavy atom. The van der Waals surface area contributed by atoms with Crippen LogP contribution in [0.5, 0.6) is 0 Å². The Bertz CT molecular complexity index is 786. The van der Waals surface area contributed by atoms with Crippen LogP contribution in [0, 0.1) is 0 Å². The Morgan fingerprint density at radius 2 is 1.48 bits per heavy atom. The second-order valence-corrected chi connectivity index (χ2v) is 7.80. The number of hydrogen-bond donors (Lipinski definition) is 1. The van der Waals surface area contributed by atoms with Crippen molar-refractivity contribution in [1.82, 2.24) is 15.1 Å². The molecular weight excluding hydrogens is 362 g/mol. The van der Waals surface area contributed by atoms with Gasteiger partial charge in [-0.1, -0.05) is 48.5 Å². The van der Waals surface area contributed by atoms with E-state index in [1.165, 1.54) is 5.56 Å². The molecule has 0 aliphatic carbocycles. The van der Waals surface area contributed by atoms with E-state index >= 15 is 0 Å². The Balaban J connectivity index is 1.43. The number of nitrogens with zero attached hydrogens (tertiary/aromatic N) is 2. The van der Waals surface area contributed by atoms with Crippen LogP contribution < -0.4 is 5.32 Å². The molecule has 154 valence electrons. The van der Waals surface area contributed by atoms with Crippen molar-refractivity contribution in [3.8, 4) is 0 Å². The van der Waals surface area contributed by atoms with Crippen LogP contribution in [-0.2, 0) is 11.2 Å². The summed E-state index contributed by atoms with van der Waals surface area (Å²) < 4.78 is 0. The summed E-state index contributed by atoms with van der Waals surface area (Å²) in [7, 11) is 0. The molecule has 2 aromatic carbocycles. The molecule has 0 unspecified atom stereocenters. The van der Waals surface area contributed by atoms with Crippen LogP contribution in [0.2, 0.25) is 0 Å². The van der Waals surface area contributed by atoms with Crippen molar-refractivity contribution >= 4 is 11.8 Å². The van der Waals surface area contributed by atoms with Gasteiger partial charge in [0.15, 0.2) is 0 Å². The molecule has 0 saturated carbocycles. The monoisotopic (exact) mass is 393 g/mol. The Labute approximate surface area is 173 Å². The lowest BCUT2D eigenvalue weighted by Gasteiger charge is -2.37. The van der Waals surface area contributed by atoms with E-state index in [2.05, 4.69) is 29.3 Å². The van der Waals surface area contributed by atoms with Gasteiger partial charge in [-0.05, 0) is 44.4 Å². The zero-order valence-electron chi connectivity index (χ0n) is 17.4. The van der Waals surface area contributed by atoms with E-state index in [1.807, 2.05) is 60.4 Å². The lowest BCUT2D eigenvalue weighted by molar-refractivity contribution is -0.127. The van der Waals surface area contributed by atoms with E-state index in [1.54, 1.807) is 0 Å². The fourth-order valence-electron chi connectivity index (χ4n) is 3.70. The average molecular weight is 394 g/mol. The largest absolute Gasteiger partial charge is 0.352 e. The lowest BCUT2D eigenvalue weighted by atomic mass is 10.1. The number of benzene rings is 2. The summed E-state index contributed by atoms with van der Waals surface area (Å²) >= 11 is 0. The second-order valence-electron chi connectivity index (χ2n) is 7.80. The summed E-state index contributed by atoms with van der Waals surface area (Å²) in [6.07, 6.45) is 1.87. The highest BCUT2D eigenvalue weighted by Gasteiger charge is 2.28. The van der Waals surface area contributed by atoms with Crippen molar-refractivity contribution < 1.29 is 9.59 Å². The fourth-order valence-corrected chi connectivity index (χ4v) is 3.70. The molecule has 5 nitrogen and oxygen atoms in total. The first-order valence-corrected chi connectivity index (χ1v) is 10.5. The molecule has 0 radical (unpaired) electrons. The maximum atomic E-state index is 12.7. The average Bonchev–Trinajstić information content (AvgIpc) is 2.78. The van der Waals surface area contributed by atoms with Crippen LogP contribution in [0.3, 0.4) is 0 Å². The number of amides is 2. The molecule has 1 aliphatic rings. The first-order chi connectivity index (χ1) is 14.0. The molecule has 2 amide bonds. The van der Waals surface area contributed by atoms with E-state index in [9.17, 15) is 9.59 Å². The van der Waals surface area contributed by atoms with E-state index in [0.29, 0.717) is 26.2 Å². The summed E-state index contributed by atoms with van der Waals surface area (Å²) in [6.45, 7) is 6.74. The van der Waals surface area contributed by atoms with Gasteiger partial charge in [0.05, 0.1) is 6.04 Å². The van der Waals surface area contributed by atoms with Gasteiger partial charge in [0.25, 0.3) is 5.91 Å². The molecule has 1 N–H and O–H groups in total. The number of piperazine rings is 1. The molecule has 1 fully saturated rings. The lowest BCUT2D eigenvalue weighted by Crippen LogP contribution is -2.55. The van der Waals surface area contributed by atoms with Crippen molar-refractivity contribution in [1.29, 1.82) is 0 Å². The van der Waals surface area contributed by atoms with Gasteiger partial charge in [-0.25, -0.2) is 0 Å². The third-order valence-corrected chi connectivity index (χ3v) is 5.65. The molecule has 2 atom stereocenters. The summed E-state index contributed by atoms with van der Waals surface area (Å²) in [5, 5.41) is 3.15. The Kier molecular flexibility index (Phi) is 7.42. The number of hydrogen-bond acceptors (Lipinski definition) is 3. The van der Waals surface area contributed by atoms with E-state index < -0.39 is 0 Å². The first kappa shape index (κ1) is 21.1. The molecular formula is C24H31N3O2. The maximum Gasteiger partial charge on any atom is 0.253 e. The SMILES string of the molecule is C[C@@H](CCc1ccccc1)NC(=O)[C@H](C)N1CCN(C(=O)c2ccccc2)CC1. The summed E-state index contributed by atoms with van der Waals surface area (Å²) in [4.78, 5) is 29.3. The third kappa shape index (κ3) is 5.91. The number of carbonyl (C=O) groups excluding carboxylic acids is 2. The predicted octanol–water partition coefficient (Wildman–Crippen LogP) is 2.97. The van der Waals surface area contributed by atoms with Gasteiger partial charge in [0.2, 0.25) is 5.91 Å². The van der Waals surface area contributed by atoms with Gasteiger partial charge >= 0.3 is 0 Å². The number of aryl methyl sites for hydroxylation is 1. The van der Waals surface area contributed by atoms with Crippen LogP contribution in [0.1, 0.15) is 36.2 Å². The molecule has 0 bridgehead atoms. The normalized spacial score (nSPS) is 16.8. The van der Waals surface area contributed by atoms with Crippen molar-refractivity contribution in [2.24, 2.45) is 0 Å². The van der Waals surface area contributed by atoms with Crippen LogP contribution in [0.25, 0.3) is 0 Å². The highest BCUT2D eigenvalue weighted by Crippen LogP contribution is 2.12. The predicted molar refractivity (Wildman–Crippen MR) is 116 cm³/mol. The minimum absolute atomic E-state index is 0.0633. The summed E-state index contributed by atoms with van der Waals surface area (Å²) in [5.41, 5.74) is 2.01. The van der Waals surface area contributed by atoms with Crippen molar-refractivity contribution in [2.45, 2.75) is 38.8 Å². The van der Waals surface area contributed by atoms with Gasteiger partial charge < -0.3 is 10.2 Å². The van der Waals surface area contributed by atoms with Crippen molar-refractivity contribution in [2.75, 3.05) is 26.2 Å². The highest BCUT2D eigenvalue weighted by atomic mass is 16.2. The zero-order valence-corrected chi connectivity index (χ0v) is 17.4. The van der Waals surface area contributed by atoms with Crippen LogP contribution >= 0.6 is 0 Å². The number of nitrogens with one attached hydrogen (secondary N) is 1. The van der Waals surface area contributed by atoms with Crippen molar-refractivity contribution in [3.63, 3.8) is 0 Å². The van der Waals surface area contributed by atoms with Crippen LogP contribution in [0.4, 0.5) is 0 Å². The Hall–Kier alpha value is -2.66. The standard InChI is InChI=1S/C24H31N3O2/c1-19(13-14-21-9-5-3-6-10-21)25-23(28)20(2)26-15-17-27(18-16-26)24(29)22-11-7-4-8-12-22/h3-12,19-20H,13-18H2,1-2H3,(H,25,28)/t19-,20-/m0/s1. The van der Waals surface area contributed by atoms with Crippen LogP contribution in [0.15, 0.2) is 60.7 Å². The molecule has 3 rings (SSSR count). The smallest absolute Gasteiger partial charge is 0.253 e. The minimum atomic E-state index is -0.192. The molecule has 5 heteroatoms. The summed E-state index contributed by atoms with van der Waals surface area (Å²) in [5.74, 6) is 0.130. The third-order valence-electron chi connectivity index (χ3n) is 5.65. The number of carbonyl (C=O) groups is 2. The molecule has 29 heavy (non-hydrogen) atoms. The molecule has 1 aliphatic heterocycles. The molecule has 2 aromatic rings. The first-order valence-electron chi connectivity index (χ1n) is 10.5. The fraction of sp³-hybridized carbons (Fsp3) is 0.417. The molecule has 0 spiro atoms. The number of rotatable bonds is 7. The van der Waals surface area contributed by atoms with E-state index in [-0.39, 0.29) is 23.9 Å². The molecule has 0 aromatic heterocycles. The van der Waals surface area contributed by atoms with E-state index in [4.69, 9.17) is 0 Å². The van der Waals surface area contributed by atoms with Gasteiger partial charge in [-0.15, -0.1) is 0 Å². The maximum absolute atomic E-state index is 12.7. The second kappa shape index (κ2) is 10.2. The Morgan fingerprint density at radius 1 is 0.897 bits per heavy atom. The topological polar surface area (TPSA) is 52.7 Å². The zero-order chi connectivity index (χ0) is 20.6. The van der Waals surface area contributed by atoms with Gasteiger partial charge in [0.1, 0.15) is 0 Å². The van der Waals surface area contributed by atoms with Crippen LogP contribution in [-0.4, -0.2) is 59.9 Å². The minimum Gasteiger partial charge on any atom is -0.352 e. The highest BCUT2D eigenvalue weighted by molar-refractivity contribution is 5.94. The molecule has 1 saturated heterocycles. The molecule has 1 heterocycles. The van der Waals surface area contributed by atoms with E-state index in [0.717, 1.165) is 18.4 Å². The van der Waals surface area contributed by atoms with Gasteiger partial charge in [0, 0.05) is 37.8 Å². The van der Waals surface area contributed by atoms with Crippen molar-refractivity contribution in [3.05, 3.63) is 71.8 Å². The quantitative estimate of drug-likeness (QED) is 0.787.